The van der Waals surface area contributed by atoms with E-state index in [0.717, 1.165) is 5.56 Å². The van der Waals surface area contributed by atoms with Gasteiger partial charge in [-0.05, 0) is 44.6 Å². The van der Waals surface area contributed by atoms with Crippen LogP contribution in [0, 0.1) is 0 Å². The fourth-order valence-electron chi connectivity index (χ4n) is 2.78. The topological polar surface area (TPSA) is 62.6 Å². The number of benzene rings is 1. The lowest BCUT2D eigenvalue weighted by Gasteiger charge is -2.23. The van der Waals surface area contributed by atoms with Crippen molar-refractivity contribution in [1.29, 1.82) is 0 Å². The van der Waals surface area contributed by atoms with Crippen LogP contribution in [0.1, 0.15) is 38.8 Å². The van der Waals surface area contributed by atoms with E-state index in [1.807, 2.05) is 37.7 Å². The Morgan fingerprint density at radius 2 is 1.85 bits per heavy atom. The van der Waals surface area contributed by atoms with Gasteiger partial charge in [-0.3, -0.25) is 9.59 Å². The Labute approximate surface area is 162 Å². The summed E-state index contributed by atoms with van der Waals surface area (Å²) in [6, 6.07) is 14.8. The summed E-state index contributed by atoms with van der Waals surface area (Å²) in [7, 11) is 3.98. The van der Waals surface area contributed by atoms with Crippen LogP contribution in [0.3, 0.4) is 0 Å². The van der Waals surface area contributed by atoms with E-state index in [4.69, 9.17) is 4.42 Å². The Kier molecular flexibility index (Phi) is 5.88. The van der Waals surface area contributed by atoms with Gasteiger partial charge in [0.1, 0.15) is 5.76 Å². The summed E-state index contributed by atoms with van der Waals surface area (Å²) in [5.41, 5.74) is 1.47. The number of carbonyl (C=O) groups excluding carboxylic acids is 2. The van der Waals surface area contributed by atoms with Crippen molar-refractivity contribution in [2.24, 2.45) is 0 Å². The van der Waals surface area contributed by atoms with E-state index in [1.165, 1.54) is 11.8 Å². The maximum atomic E-state index is 12.5. The second-order valence-electron chi connectivity index (χ2n) is 6.50. The molecular formula is C21H22N2O3S. The molecule has 27 heavy (non-hydrogen) atoms. The Morgan fingerprint density at radius 1 is 1.11 bits per heavy atom. The van der Waals surface area contributed by atoms with Crippen LogP contribution < -0.4 is 5.32 Å². The van der Waals surface area contributed by atoms with E-state index in [-0.39, 0.29) is 23.5 Å². The number of ketones is 1. The number of amides is 1. The first-order valence-corrected chi connectivity index (χ1v) is 9.53. The van der Waals surface area contributed by atoms with Gasteiger partial charge in [-0.25, -0.2) is 0 Å². The Hall–Kier alpha value is -2.70. The Bertz CT molecular complexity index is 911. The van der Waals surface area contributed by atoms with Crippen LogP contribution in [-0.4, -0.2) is 37.2 Å². The van der Waals surface area contributed by atoms with Crippen molar-refractivity contribution < 1.29 is 14.0 Å². The first kappa shape index (κ1) is 19.1. The minimum atomic E-state index is -0.245. The van der Waals surface area contributed by atoms with Gasteiger partial charge in [-0.2, -0.15) is 0 Å². The summed E-state index contributed by atoms with van der Waals surface area (Å²) < 4.78 is 5.71. The van der Waals surface area contributed by atoms with Gasteiger partial charge in [0, 0.05) is 22.5 Å². The summed E-state index contributed by atoms with van der Waals surface area (Å²) >= 11 is 1.67. The zero-order valence-corrected chi connectivity index (χ0v) is 16.4. The first-order chi connectivity index (χ1) is 13.0. The highest BCUT2D eigenvalue weighted by Crippen LogP contribution is 2.24. The third-order valence-corrected chi connectivity index (χ3v) is 5.33. The third kappa shape index (κ3) is 4.53. The van der Waals surface area contributed by atoms with Crippen molar-refractivity contribution >= 4 is 23.0 Å². The number of hydrogen-bond donors (Lipinski definition) is 1. The zero-order valence-electron chi connectivity index (χ0n) is 15.6. The first-order valence-electron chi connectivity index (χ1n) is 8.65. The smallest absolute Gasteiger partial charge is 0.287 e. The lowest BCUT2D eigenvalue weighted by molar-refractivity contribution is 0.0915. The number of likely N-dealkylation sites (N-methyl/N-ethyl adjacent to an activating group) is 1. The van der Waals surface area contributed by atoms with E-state index in [0.29, 0.717) is 17.9 Å². The maximum Gasteiger partial charge on any atom is 0.287 e. The van der Waals surface area contributed by atoms with Gasteiger partial charge in [0.2, 0.25) is 0 Å². The van der Waals surface area contributed by atoms with Crippen molar-refractivity contribution in [2.75, 3.05) is 20.6 Å². The number of rotatable bonds is 7. The van der Waals surface area contributed by atoms with Crippen molar-refractivity contribution in [3.63, 3.8) is 0 Å². The molecule has 5 nitrogen and oxygen atoms in total. The van der Waals surface area contributed by atoms with Crippen molar-refractivity contribution in [3.8, 4) is 11.3 Å². The van der Waals surface area contributed by atoms with E-state index in [9.17, 15) is 9.59 Å². The monoisotopic (exact) mass is 382 g/mol. The molecule has 1 atom stereocenters. The molecule has 0 saturated heterocycles. The van der Waals surface area contributed by atoms with Crippen LogP contribution in [-0.2, 0) is 0 Å². The minimum Gasteiger partial charge on any atom is -0.451 e. The summed E-state index contributed by atoms with van der Waals surface area (Å²) in [6.45, 7) is 2.03. The van der Waals surface area contributed by atoms with E-state index in [2.05, 4.69) is 16.3 Å². The SMILES string of the molecule is CC(=O)c1ccc(-c2ccc(C(=O)NCC(c3cccs3)N(C)C)o2)cc1. The van der Waals surface area contributed by atoms with E-state index < -0.39 is 0 Å². The van der Waals surface area contributed by atoms with Crippen LogP contribution in [0.5, 0.6) is 0 Å². The van der Waals surface area contributed by atoms with Gasteiger partial charge in [0.05, 0.1) is 6.04 Å². The fourth-order valence-corrected chi connectivity index (χ4v) is 3.70. The zero-order chi connectivity index (χ0) is 19.4. The molecule has 0 aliphatic heterocycles. The normalized spacial score (nSPS) is 12.1. The molecule has 0 aliphatic carbocycles. The fraction of sp³-hybridized carbons (Fsp3) is 0.238. The van der Waals surface area contributed by atoms with Crippen molar-refractivity contribution in [1.82, 2.24) is 10.2 Å². The largest absolute Gasteiger partial charge is 0.451 e. The molecule has 3 aromatic rings. The summed E-state index contributed by atoms with van der Waals surface area (Å²) in [4.78, 5) is 27.1. The quantitative estimate of drug-likeness (QED) is 0.621. The number of nitrogens with zero attached hydrogens (tertiary/aromatic N) is 1. The molecule has 6 heteroatoms. The average Bonchev–Trinajstić information content (AvgIpc) is 3.34. The van der Waals surface area contributed by atoms with Crippen LogP contribution in [0.25, 0.3) is 11.3 Å². The molecular weight excluding hydrogens is 360 g/mol. The molecule has 1 amide bonds. The molecule has 0 bridgehead atoms. The molecule has 2 aromatic heterocycles. The predicted molar refractivity (Wildman–Crippen MR) is 107 cm³/mol. The number of carbonyl (C=O) groups is 2. The van der Waals surface area contributed by atoms with E-state index >= 15 is 0 Å². The Morgan fingerprint density at radius 3 is 2.44 bits per heavy atom. The molecule has 0 fully saturated rings. The number of Topliss-reactive ketones (excluding diaryl/α,β-unsaturated/α-hetero) is 1. The lowest BCUT2D eigenvalue weighted by Crippen LogP contribution is -2.34. The van der Waals surface area contributed by atoms with Crippen molar-refractivity contribution in [2.45, 2.75) is 13.0 Å². The van der Waals surface area contributed by atoms with Crippen LogP contribution >= 0.6 is 11.3 Å². The van der Waals surface area contributed by atoms with E-state index in [1.54, 1.807) is 35.6 Å². The minimum absolute atomic E-state index is 0.0160. The number of thiophene rings is 1. The highest BCUT2D eigenvalue weighted by molar-refractivity contribution is 7.10. The number of furan rings is 1. The third-order valence-electron chi connectivity index (χ3n) is 4.36. The van der Waals surface area contributed by atoms with Gasteiger partial charge in [0.15, 0.2) is 11.5 Å². The maximum absolute atomic E-state index is 12.5. The predicted octanol–water partition coefficient (Wildman–Crippen LogP) is 4.24. The average molecular weight is 382 g/mol. The molecule has 2 heterocycles. The molecule has 1 aromatic carbocycles. The van der Waals surface area contributed by atoms with Gasteiger partial charge in [0.25, 0.3) is 5.91 Å². The molecule has 0 spiro atoms. The van der Waals surface area contributed by atoms with Gasteiger partial charge >= 0.3 is 0 Å². The standard InChI is InChI=1S/C21H22N2O3S/c1-14(24)15-6-8-16(9-7-15)18-10-11-19(26-18)21(25)22-13-17(23(2)3)20-5-4-12-27-20/h4-12,17H,13H2,1-3H3,(H,22,25). The van der Waals surface area contributed by atoms with Gasteiger partial charge in [-0.15, -0.1) is 11.3 Å². The molecule has 0 radical (unpaired) electrons. The molecule has 0 saturated carbocycles. The Balaban J connectivity index is 1.67. The molecule has 1 N–H and O–H groups in total. The molecule has 1 unspecified atom stereocenters. The molecule has 3 rings (SSSR count). The van der Waals surface area contributed by atoms with Crippen LogP contribution in [0.4, 0.5) is 0 Å². The van der Waals surface area contributed by atoms with Crippen LogP contribution in [0.15, 0.2) is 58.3 Å². The summed E-state index contributed by atoms with van der Waals surface area (Å²) in [5.74, 6) is 0.634. The lowest BCUT2D eigenvalue weighted by atomic mass is 10.1. The van der Waals surface area contributed by atoms with Crippen LogP contribution in [0.2, 0.25) is 0 Å². The number of nitrogens with one attached hydrogen (secondary N) is 1. The second-order valence-corrected chi connectivity index (χ2v) is 7.48. The summed E-state index contributed by atoms with van der Waals surface area (Å²) in [6.07, 6.45) is 0. The number of hydrogen-bond acceptors (Lipinski definition) is 5. The molecule has 140 valence electrons. The van der Waals surface area contributed by atoms with Gasteiger partial charge < -0.3 is 14.6 Å². The van der Waals surface area contributed by atoms with Crippen molar-refractivity contribution in [3.05, 3.63) is 70.1 Å². The highest BCUT2D eigenvalue weighted by Gasteiger charge is 2.18. The summed E-state index contributed by atoms with van der Waals surface area (Å²) in [5, 5.41) is 4.98. The van der Waals surface area contributed by atoms with Gasteiger partial charge in [-0.1, -0.05) is 30.3 Å². The highest BCUT2D eigenvalue weighted by atomic mass is 32.1. The molecule has 0 aliphatic rings. The second kappa shape index (κ2) is 8.33.